The minimum absolute atomic E-state index is 0.203. The van der Waals surface area contributed by atoms with Crippen LogP contribution in [0.1, 0.15) is 24.8 Å². The van der Waals surface area contributed by atoms with Gasteiger partial charge in [-0.1, -0.05) is 42.5 Å². The summed E-state index contributed by atoms with van der Waals surface area (Å²) in [6.07, 6.45) is 3.40. The fourth-order valence-corrected chi connectivity index (χ4v) is 3.80. The second kappa shape index (κ2) is 7.66. The Balaban J connectivity index is 1.57. The number of rotatable bonds is 5. The highest BCUT2D eigenvalue weighted by Gasteiger charge is 2.21. The molecule has 1 heterocycles. The number of nitrogens with one attached hydrogen (secondary N) is 1. The number of hydrogen-bond donors (Lipinski definition) is 1. The molecule has 138 valence electrons. The van der Waals surface area contributed by atoms with Crippen LogP contribution in [0.5, 0.6) is 0 Å². The van der Waals surface area contributed by atoms with Gasteiger partial charge in [0, 0.05) is 36.8 Å². The SMILES string of the molecule is O=[N+]([O-])c1cc(CNc2cccc3ccccc23)ccc1N1CCCCC1. The van der Waals surface area contributed by atoms with Gasteiger partial charge in [-0.3, -0.25) is 10.1 Å². The quantitative estimate of drug-likeness (QED) is 0.491. The zero-order valence-corrected chi connectivity index (χ0v) is 15.2. The molecule has 4 rings (SSSR count). The van der Waals surface area contributed by atoms with Crippen LogP contribution in [0.2, 0.25) is 0 Å². The molecule has 0 aliphatic carbocycles. The second-order valence-corrected chi connectivity index (χ2v) is 7.01. The summed E-state index contributed by atoms with van der Waals surface area (Å²) >= 11 is 0. The van der Waals surface area contributed by atoms with Crippen molar-refractivity contribution in [3.63, 3.8) is 0 Å². The predicted molar refractivity (Wildman–Crippen MR) is 110 cm³/mol. The monoisotopic (exact) mass is 361 g/mol. The summed E-state index contributed by atoms with van der Waals surface area (Å²) in [5, 5.41) is 17.4. The van der Waals surface area contributed by atoms with Gasteiger partial charge in [0.1, 0.15) is 5.69 Å². The van der Waals surface area contributed by atoms with Crippen molar-refractivity contribution in [2.45, 2.75) is 25.8 Å². The summed E-state index contributed by atoms with van der Waals surface area (Å²) in [6.45, 7) is 2.35. The molecule has 0 aromatic heterocycles. The average Bonchev–Trinajstić information content (AvgIpc) is 2.72. The summed E-state index contributed by atoms with van der Waals surface area (Å²) < 4.78 is 0. The van der Waals surface area contributed by atoms with Gasteiger partial charge in [-0.15, -0.1) is 0 Å². The third kappa shape index (κ3) is 3.72. The van der Waals surface area contributed by atoms with Crippen LogP contribution in [0.3, 0.4) is 0 Å². The van der Waals surface area contributed by atoms with E-state index in [4.69, 9.17) is 0 Å². The Morgan fingerprint density at radius 3 is 2.56 bits per heavy atom. The molecule has 0 saturated carbocycles. The number of nitro benzene ring substituents is 1. The standard InChI is InChI=1S/C22H23N3O2/c26-25(27)22-15-17(11-12-21(22)24-13-4-1-5-14-24)16-23-20-10-6-8-18-7-2-3-9-19(18)20/h2-3,6-12,15,23H,1,4-5,13-14,16H2. The van der Waals surface area contributed by atoms with Gasteiger partial charge >= 0.3 is 0 Å². The molecule has 0 amide bonds. The number of fused-ring (bicyclic) bond motifs is 1. The van der Waals surface area contributed by atoms with Crippen LogP contribution >= 0.6 is 0 Å². The summed E-state index contributed by atoms with van der Waals surface area (Å²) in [5.41, 5.74) is 2.90. The van der Waals surface area contributed by atoms with Crippen molar-refractivity contribution < 1.29 is 4.92 Å². The third-order valence-electron chi connectivity index (χ3n) is 5.21. The van der Waals surface area contributed by atoms with Crippen LogP contribution in [0.25, 0.3) is 10.8 Å². The van der Waals surface area contributed by atoms with Crippen molar-refractivity contribution >= 4 is 27.8 Å². The zero-order valence-electron chi connectivity index (χ0n) is 15.2. The molecule has 0 spiro atoms. The van der Waals surface area contributed by atoms with Crippen molar-refractivity contribution in [3.05, 3.63) is 76.3 Å². The third-order valence-corrected chi connectivity index (χ3v) is 5.21. The maximum absolute atomic E-state index is 11.6. The van der Waals surface area contributed by atoms with Gasteiger partial charge in [0.2, 0.25) is 0 Å². The highest BCUT2D eigenvalue weighted by Crippen LogP contribution is 2.32. The number of nitrogens with zero attached hydrogens (tertiary/aromatic N) is 2. The fraction of sp³-hybridized carbons (Fsp3) is 0.273. The lowest BCUT2D eigenvalue weighted by Gasteiger charge is -2.28. The normalized spacial score (nSPS) is 14.3. The van der Waals surface area contributed by atoms with Gasteiger partial charge < -0.3 is 10.2 Å². The van der Waals surface area contributed by atoms with Crippen molar-refractivity contribution in [1.82, 2.24) is 0 Å². The molecule has 0 bridgehead atoms. The summed E-state index contributed by atoms with van der Waals surface area (Å²) in [7, 11) is 0. The molecule has 5 nitrogen and oxygen atoms in total. The molecule has 0 radical (unpaired) electrons. The van der Waals surface area contributed by atoms with Crippen LogP contribution in [-0.4, -0.2) is 18.0 Å². The van der Waals surface area contributed by atoms with Gasteiger partial charge in [-0.2, -0.15) is 0 Å². The molecule has 5 heteroatoms. The molecule has 1 saturated heterocycles. The first-order chi connectivity index (χ1) is 13.2. The van der Waals surface area contributed by atoms with Crippen LogP contribution < -0.4 is 10.2 Å². The number of benzene rings is 3. The Bertz CT molecular complexity index is 959. The summed E-state index contributed by atoms with van der Waals surface area (Å²) in [5.74, 6) is 0. The first kappa shape index (κ1) is 17.3. The van der Waals surface area contributed by atoms with Gasteiger partial charge in [-0.25, -0.2) is 0 Å². The molecule has 0 atom stereocenters. The van der Waals surface area contributed by atoms with E-state index in [2.05, 4.69) is 28.4 Å². The maximum atomic E-state index is 11.6. The Morgan fingerprint density at radius 2 is 1.74 bits per heavy atom. The van der Waals surface area contributed by atoms with Crippen molar-refractivity contribution in [2.24, 2.45) is 0 Å². The zero-order chi connectivity index (χ0) is 18.6. The van der Waals surface area contributed by atoms with Crippen LogP contribution in [0, 0.1) is 10.1 Å². The Morgan fingerprint density at radius 1 is 0.963 bits per heavy atom. The number of piperidine rings is 1. The lowest BCUT2D eigenvalue weighted by Crippen LogP contribution is -2.30. The smallest absolute Gasteiger partial charge is 0.292 e. The van der Waals surface area contributed by atoms with Gasteiger partial charge in [0.25, 0.3) is 5.69 Å². The first-order valence-electron chi connectivity index (χ1n) is 9.46. The number of anilines is 2. The van der Waals surface area contributed by atoms with E-state index in [0.29, 0.717) is 6.54 Å². The molecule has 3 aromatic carbocycles. The van der Waals surface area contributed by atoms with E-state index in [0.717, 1.165) is 48.3 Å². The molecular weight excluding hydrogens is 338 g/mol. The average molecular weight is 361 g/mol. The van der Waals surface area contributed by atoms with E-state index in [-0.39, 0.29) is 10.6 Å². The minimum Gasteiger partial charge on any atom is -0.380 e. The van der Waals surface area contributed by atoms with E-state index in [1.165, 1.54) is 11.8 Å². The van der Waals surface area contributed by atoms with E-state index in [1.54, 1.807) is 6.07 Å². The highest BCUT2D eigenvalue weighted by molar-refractivity contribution is 5.93. The Kier molecular flexibility index (Phi) is 4.92. The van der Waals surface area contributed by atoms with Crippen LogP contribution in [0.15, 0.2) is 60.7 Å². The van der Waals surface area contributed by atoms with Crippen molar-refractivity contribution in [1.29, 1.82) is 0 Å². The minimum atomic E-state index is -0.259. The molecule has 0 unspecified atom stereocenters. The Hall–Kier alpha value is -3.08. The lowest BCUT2D eigenvalue weighted by atomic mass is 10.1. The van der Waals surface area contributed by atoms with Crippen molar-refractivity contribution in [2.75, 3.05) is 23.3 Å². The van der Waals surface area contributed by atoms with Crippen molar-refractivity contribution in [3.8, 4) is 0 Å². The summed E-state index contributed by atoms with van der Waals surface area (Å²) in [6, 6.07) is 20.0. The maximum Gasteiger partial charge on any atom is 0.292 e. The molecular formula is C22H23N3O2. The fourth-order valence-electron chi connectivity index (χ4n) is 3.80. The largest absolute Gasteiger partial charge is 0.380 e. The first-order valence-corrected chi connectivity index (χ1v) is 9.46. The van der Waals surface area contributed by atoms with E-state index < -0.39 is 0 Å². The molecule has 1 aliphatic rings. The summed E-state index contributed by atoms with van der Waals surface area (Å²) in [4.78, 5) is 13.5. The van der Waals surface area contributed by atoms with Gasteiger partial charge in [0.05, 0.1) is 4.92 Å². The second-order valence-electron chi connectivity index (χ2n) is 7.01. The molecule has 1 N–H and O–H groups in total. The van der Waals surface area contributed by atoms with E-state index in [9.17, 15) is 10.1 Å². The molecule has 27 heavy (non-hydrogen) atoms. The molecule has 3 aromatic rings. The molecule has 1 aliphatic heterocycles. The number of nitro groups is 1. The van der Waals surface area contributed by atoms with Gasteiger partial charge in [0.15, 0.2) is 0 Å². The van der Waals surface area contributed by atoms with Crippen LogP contribution in [-0.2, 0) is 6.54 Å². The van der Waals surface area contributed by atoms with E-state index >= 15 is 0 Å². The topological polar surface area (TPSA) is 58.4 Å². The highest BCUT2D eigenvalue weighted by atomic mass is 16.6. The van der Waals surface area contributed by atoms with E-state index in [1.807, 2.05) is 36.4 Å². The van der Waals surface area contributed by atoms with Gasteiger partial charge in [-0.05, 0) is 42.3 Å². The number of hydrogen-bond acceptors (Lipinski definition) is 4. The predicted octanol–water partition coefficient (Wildman–Crippen LogP) is 5.35. The lowest BCUT2D eigenvalue weighted by molar-refractivity contribution is -0.384. The van der Waals surface area contributed by atoms with Crippen LogP contribution in [0.4, 0.5) is 17.1 Å². The Labute approximate surface area is 158 Å². The molecule has 1 fully saturated rings.